The van der Waals surface area contributed by atoms with Gasteiger partial charge in [0.05, 0.1) is 18.2 Å². The summed E-state index contributed by atoms with van der Waals surface area (Å²) in [4.78, 5) is 23.7. The average molecular weight is 348 g/mol. The van der Waals surface area contributed by atoms with E-state index in [1.807, 2.05) is 30.3 Å². The van der Waals surface area contributed by atoms with E-state index in [0.29, 0.717) is 28.4 Å². The molecule has 3 aromatic rings. The molecule has 0 fully saturated rings. The van der Waals surface area contributed by atoms with Gasteiger partial charge in [0.15, 0.2) is 0 Å². The Morgan fingerprint density at radius 1 is 0.654 bits per heavy atom. The molecule has 0 heterocycles. The summed E-state index contributed by atoms with van der Waals surface area (Å²) in [5.74, 6) is 0.572. The van der Waals surface area contributed by atoms with Crippen molar-refractivity contribution in [3.05, 3.63) is 90.0 Å². The summed E-state index contributed by atoms with van der Waals surface area (Å²) in [5, 5.41) is 0. The summed E-state index contributed by atoms with van der Waals surface area (Å²) < 4.78 is 15.7. The first-order valence-electron chi connectivity index (χ1n) is 7.89. The van der Waals surface area contributed by atoms with Gasteiger partial charge in [0, 0.05) is 0 Å². The Morgan fingerprint density at radius 3 is 2.04 bits per heavy atom. The molecule has 0 aliphatic heterocycles. The second kappa shape index (κ2) is 7.98. The lowest BCUT2D eigenvalue weighted by Crippen LogP contribution is -2.09. The fourth-order valence-electron chi connectivity index (χ4n) is 2.25. The van der Waals surface area contributed by atoms with Crippen LogP contribution in [0.25, 0.3) is 0 Å². The second-order valence-electron chi connectivity index (χ2n) is 5.35. The molecule has 5 nitrogen and oxygen atoms in total. The number of benzene rings is 3. The van der Waals surface area contributed by atoms with Crippen molar-refractivity contribution in [2.45, 2.75) is 0 Å². The zero-order valence-electron chi connectivity index (χ0n) is 14.0. The molecule has 0 saturated carbocycles. The maximum atomic E-state index is 12.3. The normalized spacial score (nSPS) is 10.0. The average Bonchev–Trinajstić information content (AvgIpc) is 2.69. The van der Waals surface area contributed by atoms with Gasteiger partial charge in [-0.2, -0.15) is 0 Å². The van der Waals surface area contributed by atoms with Crippen LogP contribution >= 0.6 is 0 Å². The van der Waals surface area contributed by atoms with Crippen LogP contribution in [0, 0.1) is 0 Å². The van der Waals surface area contributed by atoms with E-state index in [-0.39, 0.29) is 0 Å². The van der Waals surface area contributed by atoms with E-state index < -0.39 is 11.9 Å². The quantitative estimate of drug-likeness (QED) is 0.502. The summed E-state index contributed by atoms with van der Waals surface area (Å²) in [5.41, 5.74) is 0.737. The molecule has 0 N–H and O–H groups in total. The van der Waals surface area contributed by atoms with Crippen LogP contribution in [0.3, 0.4) is 0 Å². The topological polar surface area (TPSA) is 61.8 Å². The highest BCUT2D eigenvalue weighted by Gasteiger charge is 2.11. The molecule has 3 rings (SSSR count). The van der Waals surface area contributed by atoms with Gasteiger partial charge in [0.1, 0.15) is 17.2 Å². The van der Waals surface area contributed by atoms with Gasteiger partial charge in [-0.15, -0.1) is 0 Å². The number of para-hydroxylation sites is 1. The number of methoxy groups -OCH3 is 1. The van der Waals surface area contributed by atoms with Crippen LogP contribution < -0.4 is 9.47 Å². The maximum absolute atomic E-state index is 12.3. The monoisotopic (exact) mass is 348 g/mol. The smallest absolute Gasteiger partial charge is 0.343 e. The fraction of sp³-hybridized carbons (Fsp3) is 0.0476. The van der Waals surface area contributed by atoms with Crippen LogP contribution in [0.4, 0.5) is 0 Å². The molecule has 0 radical (unpaired) electrons. The van der Waals surface area contributed by atoms with Gasteiger partial charge in [-0.25, -0.2) is 9.59 Å². The second-order valence-corrected chi connectivity index (χ2v) is 5.35. The highest BCUT2D eigenvalue weighted by atomic mass is 16.5. The number of carbonyl (C=O) groups is 2. The summed E-state index contributed by atoms with van der Waals surface area (Å²) >= 11 is 0. The molecular weight excluding hydrogens is 332 g/mol. The largest absolute Gasteiger partial charge is 0.465 e. The maximum Gasteiger partial charge on any atom is 0.343 e. The number of ether oxygens (including phenoxy) is 3. The fourth-order valence-corrected chi connectivity index (χ4v) is 2.25. The summed E-state index contributed by atoms with van der Waals surface area (Å²) in [7, 11) is 1.31. The standard InChI is InChI=1S/C21H16O5/c1-24-20(22)15-10-12-18(13-11-15)26-21(23)16-6-5-9-19(14-16)25-17-7-3-2-4-8-17/h2-14H,1H3. The van der Waals surface area contributed by atoms with Gasteiger partial charge in [-0.1, -0.05) is 24.3 Å². The minimum absolute atomic E-state index is 0.331. The first kappa shape index (κ1) is 17.2. The molecule has 0 aliphatic carbocycles. The first-order valence-corrected chi connectivity index (χ1v) is 7.89. The molecule has 26 heavy (non-hydrogen) atoms. The summed E-state index contributed by atoms with van der Waals surface area (Å²) in [6.07, 6.45) is 0. The van der Waals surface area contributed by atoms with E-state index in [2.05, 4.69) is 4.74 Å². The molecular formula is C21H16O5. The van der Waals surface area contributed by atoms with Gasteiger partial charge in [0.2, 0.25) is 0 Å². The third-order valence-corrected chi connectivity index (χ3v) is 3.53. The molecule has 0 aromatic heterocycles. The van der Waals surface area contributed by atoms with Gasteiger partial charge in [-0.3, -0.25) is 0 Å². The Labute approximate surface area is 150 Å². The third-order valence-electron chi connectivity index (χ3n) is 3.53. The SMILES string of the molecule is COC(=O)c1ccc(OC(=O)c2cccc(Oc3ccccc3)c2)cc1. The zero-order valence-corrected chi connectivity index (χ0v) is 14.0. The van der Waals surface area contributed by atoms with E-state index in [9.17, 15) is 9.59 Å². The predicted octanol–water partition coefficient (Wildman–Crippen LogP) is 4.48. The molecule has 3 aromatic carbocycles. The van der Waals surface area contributed by atoms with E-state index >= 15 is 0 Å². The van der Waals surface area contributed by atoms with E-state index in [4.69, 9.17) is 9.47 Å². The molecule has 5 heteroatoms. The van der Waals surface area contributed by atoms with E-state index in [1.54, 1.807) is 24.3 Å². The number of carbonyl (C=O) groups excluding carboxylic acids is 2. The molecule has 0 spiro atoms. The Bertz CT molecular complexity index is 901. The zero-order chi connectivity index (χ0) is 18.4. The molecule has 0 aliphatic rings. The predicted molar refractivity (Wildman–Crippen MR) is 95.7 cm³/mol. The van der Waals surface area contributed by atoms with Gasteiger partial charge in [0.25, 0.3) is 0 Å². The van der Waals surface area contributed by atoms with Crippen molar-refractivity contribution in [3.8, 4) is 17.2 Å². The Hall–Kier alpha value is -3.60. The van der Waals surface area contributed by atoms with Crippen molar-refractivity contribution in [1.82, 2.24) is 0 Å². The van der Waals surface area contributed by atoms with Crippen LogP contribution in [0.5, 0.6) is 17.2 Å². The molecule has 0 bridgehead atoms. The van der Waals surface area contributed by atoms with Crippen LogP contribution in [0.1, 0.15) is 20.7 Å². The molecule has 0 atom stereocenters. The van der Waals surface area contributed by atoms with Crippen molar-refractivity contribution >= 4 is 11.9 Å². The molecule has 0 amide bonds. The molecule has 0 unspecified atom stereocenters. The van der Waals surface area contributed by atoms with Crippen LogP contribution in [-0.2, 0) is 4.74 Å². The van der Waals surface area contributed by atoms with Crippen molar-refractivity contribution in [3.63, 3.8) is 0 Å². The van der Waals surface area contributed by atoms with Crippen molar-refractivity contribution < 1.29 is 23.8 Å². The third kappa shape index (κ3) is 4.27. The minimum Gasteiger partial charge on any atom is -0.465 e. The first-order chi connectivity index (χ1) is 12.7. The van der Waals surface area contributed by atoms with E-state index in [0.717, 1.165) is 0 Å². The summed E-state index contributed by atoms with van der Waals surface area (Å²) in [6.45, 7) is 0. The van der Waals surface area contributed by atoms with Gasteiger partial charge >= 0.3 is 11.9 Å². The van der Waals surface area contributed by atoms with Crippen molar-refractivity contribution in [1.29, 1.82) is 0 Å². The van der Waals surface area contributed by atoms with Crippen LogP contribution in [-0.4, -0.2) is 19.0 Å². The number of hydrogen-bond acceptors (Lipinski definition) is 5. The lowest BCUT2D eigenvalue weighted by atomic mass is 10.2. The number of hydrogen-bond donors (Lipinski definition) is 0. The van der Waals surface area contributed by atoms with E-state index in [1.165, 1.54) is 31.4 Å². The Morgan fingerprint density at radius 2 is 1.35 bits per heavy atom. The minimum atomic E-state index is -0.519. The number of esters is 2. The molecule has 130 valence electrons. The Kier molecular flexibility index (Phi) is 5.29. The highest BCUT2D eigenvalue weighted by Crippen LogP contribution is 2.23. The lowest BCUT2D eigenvalue weighted by Gasteiger charge is -2.08. The van der Waals surface area contributed by atoms with Gasteiger partial charge in [-0.05, 0) is 54.6 Å². The van der Waals surface area contributed by atoms with Gasteiger partial charge < -0.3 is 14.2 Å². The molecule has 0 saturated heterocycles. The van der Waals surface area contributed by atoms with Crippen LogP contribution in [0.15, 0.2) is 78.9 Å². The summed E-state index contributed by atoms with van der Waals surface area (Å²) in [6, 6.07) is 22.1. The van der Waals surface area contributed by atoms with Crippen LogP contribution in [0.2, 0.25) is 0 Å². The Balaban J connectivity index is 1.70. The number of rotatable bonds is 5. The highest BCUT2D eigenvalue weighted by molar-refractivity contribution is 5.92. The lowest BCUT2D eigenvalue weighted by molar-refractivity contribution is 0.0600. The van der Waals surface area contributed by atoms with Crippen molar-refractivity contribution in [2.24, 2.45) is 0 Å². The van der Waals surface area contributed by atoms with Crippen molar-refractivity contribution in [2.75, 3.05) is 7.11 Å².